The van der Waals surface area contributed by atoms with Crippen molar-refractivity contribution in [3.05, 3.63) is 30.3 Å². The lowest BCUT2D eigenvalue weighted by molar-refractivity contribution is -0.153. The average molecular weight is 224 g/mol. The highest BCUT2D eigenvalue weighted by Gasteiger charge is 2.12. The van der Waals surface area contributed by atoms with E-state index in [1.165, 1.54) is 7.11 Å². The number of hydrogen-bond donors (Lipinski definition) is 0. The summed E-state index contributed by atoms with van der Waals surface area (Å²) in [7, 11) is 1.34. The van der Waals surface area contributed by atoms with Crippen molar-refractivity contribution in [1.29, 1.82) is 0 Å². The molecule has 0 fully saturated rings. The molecule has 16 heavy (non-hydrogen) atoms. The van der Waals surface area contributed by atoms with Gasteiger partial charge in [-0.25, -0.2) is 4.79 Å². The zero-order chi connectivity index (χ0) is 11.8. The van der Waals surface area contributed by atoms with Gasteiger partial charge in [0.25, 0.3) is 0 Å². The van der Waals surface area contributed by atoms with Gasteiger partial charge >= 0.3 is 5.97 Å². The summed E-state index contributed by atoms with van der Waals surface area (Å²) in [5, 5.41) is 0. The maximum atomic E-state index is 11.0. The highest BCUT2D eigenvalue weighted by molar-refractivity contribution is 5.73. The molecule has 0 unspecified atom stereocenters. The number of ether oxygens (including phenoxy) is 3. The van der Waals surface area contributed by atoms with Gasteiger partial charge in [0.05, 0.1) is 13.7 Å². The second-order valence-electron chi connectivity index (χ2n) is 3.20. The Balaban J connectivity index is 2.15. The predicted octanol–water partition coefficient (Wildman–Crippen LogP) is 1.64. The minimum Gasteiger partial charge on any atom is -0.491 e. The van der Waals surface area contributed by atoms with Crippen molar-refractivity contribution < 1.29 is 19.0 Å². The number of rotatable bonds is 6. The fourth-order valence-electron chi connectivity index (χ4n) is 1.14. The molecule has 0 aliphatic rings. The molecule has 88 valence electrons. The van der Waals surface area contributed by atoms with Gasteiger partial charge in [-0.2, -0.15) is 0 Å². The molecule has 0 saturated heterocycles. The molecule has 0 spiro atoms. The molecule has 1 aromatic rings. The second kappa shape index (κ2) is 6.85. The second-order valence-corrected chi connectivity index (χ2v) is 3.20. The standard InChI is InChI=1S/C12H16O4/c1-10(12(13)14-2)15-8-9-16-11-6-4-3-5-7-11/h3-7,10H,8-9H2,1-2H3/t10-/m0/s1. The van der Waals surface area contributed by atoms with Crippen LogP contribution in [0.25, 0.3) is 0 Å². The molecule has 0 aromatic heterocycles. The molecule has 0 N–H and O–H groups in total. The van der Waals surface area contributed by atoms with Crippen LogP contribution in [0.3, 0.4) is 0 Å². The Kier molecular flexibility index (Phi) is 5.36. The number of benzene rings is 1. The largest absolute Gasteiger partial charge is 0.491 e. The highest BCUT2D eigenvalue weighted by atomic mass is 16.6. The Bertz CT molecular complexity index is 310. The minimum absolute atomic E-state index is 0.352. The highest BCUT2D eigenvalue weighted by Crippen LogP contribution is 2.07. The van der Waals surface area contributed by atoms with Crippen LogP contribution in [0.2, 0.25) is 0 Å². The van der Waals surface area contributed by atoms with Crippen molar-refractivity contribution in [1.82, 2.24) is 0 Å². The lowest BCUT2D eigenvalue weighted by atomic mass is 10.3. The first-order chi connectivity index (χ1) is 7.74. The van der Waals surface area contributed by atoms with Crippen LogP contribution in [0.5, 0.6) is 5.75 Å². The topological polar surface area (TPSA) is 44.8 Å². The molecular weight excluding hydrogens is 208 g/mol. The monoisotopic (exact) mass is 224 g/mol. The molecule has 0 amide bonds. The van der Waals surface area contributed by atoms with Crippen molar-refractivity contribution in [3.8, 4) is 5.75 Å². The smallest absolute Gasteiger partial charge is 0.334 e. The summed E-state index contributed by atoms with van der Waals surface area (Å²) >= 11 is 0. The van der Waals surface area contributed by atoms with Gasteiger partial charge in [-0.3, -0.25) is 0 Å². The number of methoxy groups -OCH3 is 1. The number of carbonyl (C=O) groups excluding carboxylic acids is 1. The van der Waals surface area contributed by atoms with E-state index in [1.54, 1.807) is 6.92 Å². The fraction of sp³-hybridized carbons (Fsp3) is 0.417. The molecule has 1 aromatic carbocycles. The van der Waals surface area contributed by atoms with Gasteiger partial charge in [-0.1, -0.05) is 18.2 Å². The van der Waals surface area contributed by atoms with Gasteiger partial charge in [-0.05, 0) is 19.1 Å². The molecule has 1 atom stereocenters. The van der Waals surface area contributed by atoms with Crippen LogP contribution in [0.15, 0.2) is 30.3 Å². The van der Waals surface area contributed by atoms with Crippen LogP contribution in [0, 0.1) is 0 Å². The van der Waals surface area contributed by atoms with E-state index >= 15 is 0 Å². The van der Waals surface area contributed by atoms with E-state index in [-0.39, 0.29) is 5.97 Å². The molecule has 0 saturated carbocycles. The predicted molar refractivity (Wildman–Crippen MR) is 59.4 cm³/mol. The number of esters is 1. The van der Waals surface area contributed by atoms with E-state index in [0.717, 1.165) is 5.75 Å². The molecule has 0 bridgehead atoms. The quantitative estimate of drug-likeness (QED) is 0.544. The molecule has 0 aliphatic carbocycles. The summed E-state index contributed by atoms with van der Waals surface area (Å²) < 4.78 is 15.1. The lowest BCUT2D eigenvalue weighted by Crippen LogP contribution is -2.24. The SMILES string of the molecule is COC(=O)[C@H](C)OCCOc1ccccc1. The summed E-state index contributed by atoms with van der Waals surface area (Å²) in [5.74, 6) is 0.413. The van der Waals surface area contributed by atoms with E-state index in [9.17, 15) is 4.79 Å². The number of hydrogen-bond acceptors (Lipinski definition) is 4. The molecule has 0 aliphatic heterocycles. The maximum absolute atomic E-state index is 11.0. The van der Waals surface area contributed by atoms with Gasteiger partial charge in [-0.15, -0.1) is 0 Å². The summed E-state index contributed by atoms with van der Waals surface area (Å²) in [4.78, 5) is 11.0. The van der Waals surface area contributed by atoms with Crippen LogP contribution >= 0.6 is 0 Å². The van der Waals surface area contributed by atoms with E-state index in [4.69, 9.17) is 9.47 Å². The summed E-state index contributed by atoms with van der Waals surface area (Å²) in [5.41, 5.74) is 0. The summed E-state index contributed by atoms with van der Waals surface area (Å²) in [6.45, 7) is 2.41. The zero-order valence-corrected chi connectivity index (χ0v) is 9.51. The Morgan fingerprint density at radius 2 is 1.94 bits per heavy atom. The van der Waals surface area contributed by atoms with Crippen molar-refractivity contribution >= 4 is 5.97 Å². The molecule has 4 nitrogen and oxygen atoms in total. The van der Waals surface area contributed by atoms with E-state index in [2.05, 4.69) is 4.74 Å². The maximum Gasteiger partial charge on any atom is 0.334 e. The van der Waals surface area contributed by atoms with Crippen LogP contribution in [-0.4, -0.2) is 32.4 Å². The number of para-hydroxylation sites is 1. The zero-order valence-electron chi connectivity index (χ0n) is 9.51. The van der Waals surface area contributed by atoms with Crippen molar-refractivity contribution in [2.75, 3.05) is 20.3 Å². The molecule has 4 heteroatoms. The third-order valence-electron chi connectivity index (χ3n) is 2.00. The molecule has 1 rings (SSSR count). The van der Waals surface area contributed by atoms with Crippen molar-refractivity contribution in [2.24, 2.45) is 0 Å². The van der Waals surface area contributed by atoms with Gasteiger partial charge in [0, 0.05) is 0 Å². The van der Waals surface area contributed by atoms with Gasteiger partial charge in [0.15, 0.2) is 6.10 Å². The minimum atomic E-state index is -0.552. The first kappa shape index (κ1) is 12.5. The summed E-state index contributed by atoms with van der Waals surface area (Å²) in [6.07, 6.45) is -0.552. The van der Waals surface area contributed by atoms with Crippen LogP contribution < -0.4 is 4.74 Å². The Labute approximate surface area is 95.1 Å². The molecular formula is C12H16O4. The third kappa shape index (κ3) is 4.31. The van der Waals surface area contributed by atoms with Crippen molar-refractivity contribution in [3.63, 3.8) is 0 Å². The molecule has 0 heterocycles. The Morgan fingerprint density at radius 1 is 1.25 bits per heavy atom. The van der Waals surface area contributed by atoms with Gasteiger partial charge < -0.3 is 14.2 Å². The van der Waals surface area contributed by atoms with E-state index < -0.39 is 6.10 Å². The normalized spacial score (nSPS) is 11.9. The van der Waals surface area contributed by atoms with Crippen LogP contribution in [-0.2, 0) is 14.3 Å². The Morgan fingerprint density at radius 3 is 2.56 bits per heavy atom. The van der Waals surface area contributed by atoms with Crippen LogP contribution in [0.4, 0.5) is 0 Å². The fourth-order valence-corrected chi connectivity index (χ4v) is 1.14. The molecule has 0 radical (unpaired) electrons. The lowest BCUT2D eigenvalue weighted by Gasteiger charge is -2.11. The first-order valence-electron chi connectivity index (χ1n) is 5.11. The van der Waals surface area contributed by atoms with E-state index in [1.807, 2.05) is 30.3 Å². The number of carbonyl (C=O) groups is 1. The van der Waals surface area contributed by atoms with Gasteiger partial charge in [0.1, 0.15) is 12.4 Å². The summed E-state index contributed by atoms with van der Waals surface area (Å²) in [6, 6.07) is 9.44. The average Bonchev–Trinajstić information content (AvgIpc) is 2.34. The third-order valence-corrected chi connectivity index (χ3v) is 2.00. The Hall–Kier alpha value is -1.55. The van der Waals surface area contributed by atoms with E-state index in [0.29, 0.717) is 13.2 Å². The van der Waals surface area contributed by atoms with Crippen molar-refractivity contribution in [2.45, 2.75) is 13.0 Å². The van der Waals surface area contributed by atoms with Gasteiger partial charge in [0.2, 0.25) is 0 Å². The first-order valence-corrected chi connectivity index (χ1v) is 5.11. The van der Waals surface area contributed by atoms with Crippen LogP contribution in [0.1, 0.15) is 6.92 Å².